The van der Waals surface area contributed by atoms with Gasteiger partial charge in [-0.15, -0.1) is 0 Å². The molecule has 0 spiro atoms. The topological polar surface area (TPSA) is 22.0 Å². The van der Waals surface area contributed by atoms with Crippen LogP contribution in [0.5, 0.6) is 0 Å². The molecule has 1 aromatic carbocycles. The Bertz CT molecular complexity index is 558. The van der Waals surface area contributed by atoms with E-state index in [-0.39, 0.29) is 5.56 Å². The molecule has 0 aliphatic heterocycles. The van der Waals surface area contributed by atoms with Crippen LogP contribution in [0.2, 0.25) is 5.02 Å². The molecule has 0 amide bonds. The van der Waals surface area contributed by atoms with E-state index in [9.17, 15) is 4.79 Å². The van der Waals surface area contributed by atoms with E-state index < -0.39 is 0 Å². The largest absolute Gasteiger partial charge is 0.268 e. The molecular formula is C13H16ClNOS. The molecule has 0 unspecified atom stereocenters. The molecule has 0 N–H and O–H groups in total. The molecule has 0 saturated heterocycles. The van der Waals surface area contributed by atoms with Crippen molar-refractivity contribution in [3.8, 4) is 0 Å². The molecule has 4 heteroatoms. The van der Waals surface area contributed by atoms with Crippen LogP contribution >= 0.6 is 23.1 Å². The Hall–Kier alpha value is -0.800. The molecule has 1 heterocycles. The van der Waals surface area contributed by atoms with E-state index in [0.29, 0.717) is 5.02 Å². The number of benzene rings is 1. The van der Waals surface area contributed by atoms with Crippen molar-refractivity contribution in [2.75, 3.05) is 0 Å². The average Bonchev–Trinajstić information content (AvgIpc) is 2.61. The third-order valence-electron chi connectivity index (χ3n) is 2.82. The van der Waals surface area contributed by atoms with Crippen LogP contribution in [0.4, 0.5) is 0 Å². The zero-order chi connectivity index (χ0) is 12.3. The van der Waals surface area contributed by atoms with Gasteiger partial charge in [0.05, 0.1) is 10.1 Å². The molecule has 0 radical (unpaired) electrons. The van der Waals surface area contributed by atoms with E-state index in [1.807, 2.05) is 16.1 Å². The van der Waals surface area contributed by atoms with E-state index in [2.05, 4.69) is 6.92 Å². The summed E-state index contributed by atoms with van der Waals surface area (Å²) in [6.45, 7) is 3.02. The van der Waals surface area contributed by atoms with E-state index in [4.69, 9.17) is 11.6 Å². The lowest BCUT2D eigenvalue weighted by Crippen LogP contribution is -2.12. The normalized spacial score (nSPS) is 11.2. The molecule has 0 aliphatic rings. The van der Waals surface area contributed by atoms with Gasteiger partial charge in [-0.25, -0.2) is 0 Å². The standard InChI is InChI=1S/C13H16ClNOS/c1-2-3-4-5-8-15-13(16)11-7-6-10(14)9-12(11)17-15/h6-7,9H,2-5,8H2,1H3. The molecule has 0 bridgehead atoms. The van der Waals surface area contributed by atoms with Gasteiger partial charge < -0.3 is 0 Å². The highest BCUT2D eigenvalue weighted by Gasteiger charge is 2.07. The van der Waals surface area contributed by atoms with E-state index in [1.54, 1.807) is 6.07 Å². The summed E-state index contributed by atoms with van der Waals surface area (Å²) >= 11 is 7.44. The monoisotopic (exact) mass is 269 g/mol. The SMILES string of the molecule is CCCCCCn1sc2cc(Cl)ccc2c1=O. The van der Waals surface area contributed by atoms with Gasteiger partial charge in [-0.1, -0.05) is 49.3 Å². The lowest BCUT2D eigenvalue weighted by Gasteiger charge is -1.99. The minimum absolute atomic E-state index is 0.123. The summed E-state index contributed by atoms with van der Waals surface area (Å²) in [7, 11) is 0. The molecule has 2 aromatic rings. The average molecular weight is 270 g/mol. The van der Waals surface area contributed by atoms with E-state index >= 15 is 0 Å². The van der Waals surface area contributed by atoms with Gasteiger partial charge in [0.25, 0.3) is 5.56 Å². The van der Waals surface area contributed by atoms with Crippen LogP contribution in [0.25, 0.3) is 10.1 Å². The summed E-state index contributed by atoms with van der Waals surface area (Å²) in [6, 6.07) is 5.46. The third kappa shape index (κ3) is 2.90. The Morgan fingerprint density at radius 2 is 2.12 bits per heavy atom. The van der Waals surface area contributed by atoms with Crippen LogP contribution in [0, 0.1) is 0 Å². The molecule has 0 atom stereocenters. The van der Waals surface area contributed by atoms with Gasteiger partial charge in [0.2, 0.25) is 0 Å². The highest BCUT2D eigenvalue weighted by Crippen LogP contribution is 2.21. The summed E-state index contributed by atoms with van der Waals surface area (Å²) < 4.78 is 2.83. The van der Waals surface area contributed by atoms with Crippen molar-refractivity contribution in [1.82, 2.24) is 3.96 Å². The Kier molecular flexibility index (Phi) is 4.24. The molecule has 2 rings (SSSR count). The maximum absolute atomic E-state index is 12.0. The molecule has 1 aromatic heterocycles. The van der Waals surface area contributed by atoms with Crippen molar-refractivity contribution >= 4 is 33.2 Å². The van der Waals surface area contributed by atoms with Gasteiger partial charge in [0, 0.05) is 11.6 Å². The molecule has 92 valence electrons. The van der Waals surface area contributed by atoms with Crippen molar-refractivity contribution in [2.45, 2.75) is 39.2 Å². The Labute approximate surface area is 110 Å². The van der Waals surface area contributed by atoms with Crippen LogP contribution in [0.1, 0.15) is 32.6 Å². The highest BCUT2D eigenvalue weighted by atomic mass is 35.5. The Morgan fingerprint density at radius 1 is 1.29 bits per heavy atom. The first kappa shape index (κ1) is 12.7. The lowest BCUT2D eigenvalue weighted by atomic mass is 10.2. The maximum Gasteiger partial charge on any atom is 0.268 e. The lowest BCUT2D eigenvalue weighted by molar-refractivity contribution is 0.600. The zero-order valence-electron chi connectivity index (χ0n) is 9.91. The number of aromatic nitrogens is 1. The quantitative estimate of drug-likeness (QED) is 0.742. The summed E-state index contributed by atoms with van der Waals surface area (Å²) in [6.07, 6.45) is 4.73. The van der Waals surface area contributed by atoms with Gasteiger partial charge in [0.15, 0.2) is 0 Å². The number of hydrogen-bond acceptors (Lipinski definition) is 2. The van der Waals surface area contributed by atoms with Crippen LogP contribution in [-0.2, 0) is 6.54 Å². The van der Waals surface area contributed by atoms with Gasteiger partial charge in [-0.2, -0.15) is 0 Å². The summed E-state index contributed by atoms with van der Waals surface area (Å²) in [5.41, 5.74) is 0.123. The fourth-order valence-corrected chi connectivity index (χ4v) is 3.18. The van der Waals surface area contributed by atoms with Gasteiger partial charge in [0.1, 0.15) is 0 Å². The fraction of sp³-hybridized carbons (Fsp3) is 0.462. The molecule has 17 heavy (non-hydrogen) atoms. The second-order valence-electron chi connectivity index (χ2n) is 4.20. The molecule has 0 saturated carbocycles. The van der Waals surface area contributed by atoms with E-state index in [0.717, 1.165) is 23.1 Å². The van der Waals surface area contributed by atoms with Crippen molar-refractivity contribution in [3.05, 3.63) is 33.6 Å². The van der Waals surface area contributed by atoms with Gasteiger partial charge in [-0.05, 0) is 24.6 Å². The number of hydrogen-bond donors (Lipinski definition) is 0. The van der Waals surface area contributed by atoms with Crippen molar-refractivity contribution in [3.63, 3.8) is 0 Å². The Morgan fingerprint density at radius 3 is 2.88 bits per heavy atom. The van der Waals surface area contributed by atoms with Crippen LogP contribution < -0.4 is 5.56 Å². The number of nitrogens with zero attached hydrogens (tertiary/aromatic N) is 1. The molecule has 0 aliphatic carbocycles. The first-order valence-corrected chi connectivity index (χ1v) is 7.17. The number of rotatable bonds is 5. The summed E-state index contributed by atoms with van der Waals surface area (Å²) in [4.78, 5) is 12.0. The smallest absolute Gasteiger partial charge is 0.268 e. The maximum atomic E-state index is 12.0. The van der Waals surface area contributed by atoms with Crippen molar-refractivity contribution in [2.24, 2.45) is 0 Å². The first-order valence-electron chi connectivity index (χ1n) is 6.01. The molecule has 2 nitrogen and oxygen atoms in total. The minimum Gasteiger partial charge on any atom is -0.268 e. The summed E-state index contributed by atoms with van der Waals surface area (Å²) in [5.74, 6) is 0. The second-order valence-corrected chi connectivity index (χ2v) is 5.70. The number of halogens is 1. The van der Waals surface area contributed by atoms with Crippen molar-refractivity contribution < 1.29 is 0 Å². The van der Waals surface area contributed by atoms with Crippen molar-refractivity contribution in [1.29, 1.82) is 0 Å². The van der Waals surface area contributed by atoms with Gasteiger partial charge >= 0.3 is 0 Å². The first-order chi connectivity index (χ1) is 8.22. The van der Waals surface area contributed by atoms with E-state index in [1.165, 1.54) is 30.8 Å². The second kappa shape index (κ2) is 5.69. The minimum atomic E-state index is 0.123. The van der Waals surface area contributed by atoms with Gasteiger partial charge in [-0.3, -0.25) is 8.75 Å². The Balaban J connectivity index is 2.18. The fourth-order valence-electron chi connectivity index (χ4n) is 1.87. The predicted molar refractivity (Wildman–Crippen MR) is 75.2 cm³/mol. The number of unbranched alkanes of at least 4 members (excludes halogenated alkanes) is 3. The van der Waals surface area contributed by atoms with Crippen LogP contribution in [-0.4, -0.2) is 3.96 Å². The highest BCUT2D eigenvalue weighted by molar-refractivity contribution is 7.13. The number of fused-ring (bicyclic) bond motifs is 1. The number of aryl methyl sites for hydroxylation is 1. The zero-order valence-corrected chi connectivity index (χ0v) is 11.5. The molecular weight excluding hydrogens is 254 g/mol. The van der Waals surface area contributed by atoms with Crippen LogP contribution in [0.15, 0.2) is 23.0 Å². The third-order valence-corrected chi connectivity index (χ3v) is 4.16. The molecule has 0 fully saturated rings. The predicted octanol–water partition coefficient (Wildman–Crippen LogP) is 4.30. The van der Waals surface area contributed by atoms with Crippen LogP contribution in [0.3, 0.4) is 0 Å². The summed E-state index contributed by atoms with van der Waals surface area (Å²) in [5, 5.41) is 1.48.